The zero-order valence-electron chi connectivity index (χ0n) is 18.8. The highest BCUT2D eigenvalue weighted by Gasteiger charge is 2.32. The third-order valence-electron chi connectivity index (χ3n) is 5.20. The number of benzene rings is 4. The van der Waals surface area contributed by atoms with E-state index in [0.717, 1.165) is 26.4 Å². The SMILES string of the molecule is CC.COc1c(Br)cc2c(F)c(F)c(F)c(F)c2c1-c1c(OC)c(Br)cc2c(F)c(F)c(F)c(F)c12. The molecule has 0 fully saturated rings. The molecule has 0 heterocycles. The second kappa shape index (κ2) is 10.4. The molecule has 0 bridgehead atoms. The van der Waals surface area contributed by atoms with Crippen LogP contribution in [-0.2, 0) is 0 Å². The highest BCUT2D eigenvalue weighted by atomic mass is 79.9. The average molecular weight is 646 g/mol. The van der Waals surface area contributed by atoms with Gasteiger partial charge in [0.2, 0.25) is 0 Å². The van der Waals surface area contributed by atoms with E-state index >= 15 is 8.78 Å². The maximum atomic E-state index is 15.1. The maximum Gasteiger partial charge on any atom is 0.198 e. The highest BCUT2D eigenvalue weighted by molar-refractivity contribution is 9.11. The van der Waals surface area contributed by atoms with Crippen molar-refractivity contribution in [1.29, 1.82) is 0 Å². The predicted molar refractivity (Wildman–Crippen MR) is 126 cm³/mol. The summed E-state index contributed by atoms with van der Waals surface area (Å²) in [7, 11) is 2.13. The Morgan fingerprint density at radius 2 is 0.778 bits per heavy atom. The Morgan fingerprint density at radius 3 is 1.06 bits per heavy atom. The van der Waals surface area contributed by atoms with Crippen LogP contribution in [0.3, 0.4) is 0 Å². The fraction of sp³-hybridized carbons (Fsp3) is 0.167. The summed E-state index contributed by atoms with van der Waals surface area (Å²) >= 11 is 6.06. The van der Waals surface area contributed by atoms with Crippen molar-refractivity contribution < 1.29 is 44.6 Å². The number of hydrogen-bond donors (Lipinski definition) is 0. The summed E-state index contributed by atoms with van der Waals surface area (Å²) in [4.78, 5) is 0. The lowest BCUT2D eigenvalue weighted by Gasteiger charge is -2.21. The van der Waals surface area contributed by atoms with Crippen LogP contribution in [0.25, 0.3) is 32.7 Å². The molecule has 0 unspecified atom stereocenters. The van der Waals surface area contributed by atoms with Gasteiger partial charge in [0.25, 0.3) is 0 Å². The van der Waals surface area contributed by atoms with E-state index in [4.69, 9.17) is 9.47 Å². The van der Waals surface area contributed by atoms with Crippen LogP contribution in [0.15, 0.2) is 21.1 Å². The number of fused-ring (bicyclic) bond motifs is 2. The predicted octanol–water partition coefficient (Wildman–Crippen LogP) is 9.34. The van der Waals surface area contributed by atoms with Crippen LogP contribution >= 0.6 is 31.9 Å². The molecule has 0 N–H and O–H groups in total. The van der Waals surface area contributed by atoms with Crippen LogP contribution in [0.4, 0.5) is 35.1 Å². The number of ether oxygens (including phenoxy) is 2. The van der Waals surface area contributed by atoms with Gasteiger partial charge in [0.15, 0.2) is 46.5 Å². The molecule has 0 atom stereocenters. The Bertz CT molecular complexity index is 1420. The van der Waals surface area contributed by atoms with Crippen LogP contribution in [0.5, 0.6) is 11.5 Å². The lowest BCUT2D eigenvalue weighted by molar-refractivity contribution is 0.405. The zero-order valence-corrected chi connectivity index (χ0v) is 21.9. The number of halogens is 10. The topological polar surface area (TPSA) is 18.5 Å². The molecule has 0 radical (unpaired) electrons. The third kappa shape index (κ3) is 3.98. The van der Waals surface area contributed by atoms with Gasteiger partial charge in [-0.25, -0.2) is 35.1 Å². The summed E-state index contributed by atoms with van der Waals surface area (Å²) in [5, 5.41) is -3.51. The molecule has 4 aromatic rings. The summed E-state index contributed by atoms with van der Waals surface area (Å²) in [5.74, 6) is -16.8. The summed E-state index contributed by atoms with van der Waals surface area (Å²) < 4.78 is 126. The van der Waals surface area contributed by atoms with Crippen LogP contribution < -0.4 is 9.47 Å². The summed E-state index contributed by atoms with van der Waals surface area (Å²) in [5.41, 5.74) is -1.29. The number of methoxy groups -OCH3 is 2. The normalized spacial score (nSPS) is 11.1. The van der Waals surface area contributed by atoms with Crippen molar-refractivity contribution in [2.24, 2.45) is 0 Å². The van der Waals surface area contributed by atoms with E-state index in [9.17, 15) is 26.3 Å². The molecule has 0 aliphatic carbocycles. The van der Waals surface area contributed by atoms with Crippen molar-refractivity contribution in [2.75, 3.05) is 14.2 Å². The van der Waals surface area contributed by atoms with Gasteiger partial charge in [-0.15, -0.1) is 0 Å². The molecule has 0 spiro atoms. The Morgan fingerprint density at radius 1 is 0.500 bits per heavy atom. The standard InChI is InChI=1S/C22H8Br2F8O2.C2H6/c1-33-21-7(23)3-5-9(15(27)19(31)17(29)13(5)25)11(21)12-10-6(4-8(24)22(12)34-2)14(26)18(30)20(32)16(10)28;1-2/h3-4H,1-2H3;1-2H3. The van der Waals surface area contributed by atoms with E-state index in [0.29, 0.717) is 0 Å². The Kier molecular flexibility index (Phi) is 8.09. The molecular formula is C24H14Br2F8O2. The van der Waals surface area contributed by atoms with Crippen molar-refractivity contribution in [1.82, 2.24) is 0 Å². The van der Waals surface area contributed by atoms with Gasteiger partial charge in [0.1, 0.15) is 11.5 Å². The minimum Gasteiger partial charge on any atom is -0.495 e. The van der Waals surface area contributed by atoms with E-state index in [1.165, 1.54) is 0 Å². The molecule has 192 valence electrons. The Hall–Kier alpha value is -2.60. The van der Waals surface area contributed by atoms with E-state index < -0.39 is 79.2 Å². The van der Waals surface area contributed by atoms with Crippen LogP contribution in [0.1, 0.15) is 13.8 Å². The van der Waals surface area contributed by atoms with Gasteiger partial charge in [-0.1, -0.05) is 13.8 Å². The second-order valence-corrected chi connectivity index (χ2v) is 8.60. The molecule has 0 aliphatic heterocycles. The monoisotopic (exact) mass is 644 g/mol. The maximum absolute atomic E-state index is 15.1. The molecule has 0 aliphatic rings. The third-order valence-corrected chi connectivity index (χ3v) is 6.37. The molecule has 4 rings (SSSR count). The first-order valence-corrected chi connectivity index (χ1v) is 11.6. The van der Waals surface area contributed by atoms with E-state index in [2.05, 4.69) is 31.9 Å². The molecule has 0 aromatic heterocycles. The molecule has 0 saturated carbocycles. The first-order valence-electron chi connectivity index (χ1n) is 10.0. The molecular weight excluding hydrogens is 632 g/mol. The van der Waals surface area contributed by atoms with Crippen LogP contribution in [-0.4, -0.2) is 14.2 Å². The molecule has 12 heteroatoms. The Balaban J connectivity index is 0.00000176. The summed E-state index contributed by atoms with van der Waals surface area (Å²) in [6.45, 7) is 4.00. The molecule has 4 aromatic carbocycles. The minimum absolute atomic E-state index is 0.138. The molecule has 36 heavy (non-hydrogen) atoms. The van der Waals surface area contributed by atoms with E-state index in [-0.39, 0.29) is 20.4 Å². The van der Waals surface area contributed by atoms with Crippen molar-refractivity contribution in [3.8, 4) is 22.6 Å². The smallest absolute Gasteiger partial charge is 0.198 e. The largest absolute Gasteiger partial charge is 0.495 e. The van der Waals surface area contributed by atoms with Gasteiger partial charge in [-0.05, 0) is 44.0 Å². The first kappa shape index (κ1) is 28.0. The van der Waals surface area contributed by atoms with E-state index in [1.54, 1.807) is 0 Å². The van der Waals surface area contributed by atoms with Gasteiger partial charge >= 0.3 is 0 Å². The fourth-order valence-electron chi connectivity index (χ4n) is 3.78. The Labute approximate surface area is 216 Å². The second-order valence-electron chi connectivity index (χ2n) is 6.89. The van der Waals surface area contributed by atoms with Gasteiger partial charge in [-0.3, -0.25) is 0 Å². The summed E-state index contributed by atoms with van der Waals surface area (Å²) in [6, 6.07) is 1.75. The fourth-order valence-corrected chi connectivity index (χ4v) is 4.96. The summed E-state index contributed by atoms with van der Waals surface area (Å²) in [6.07, 6.45) is 0. The van der Waals surface area contributed by atoms with Crippen molar-refractivity contribution in [3.05, 3.63) is 67.6 Å². The number of hydrogen-bond acceptors (Lipinski definition) is 2. The molecule has 0 saturated heterocycles. The van der Waals surface area contributed by atoms with Crippen molar-refractivity contribution in [3.63, 3.8) is 0 Å². The van der Waals surface area contributed by atoms with Crippen molar-refractivity contribution >= 4 is 53.4 Å². The molecule has 0 amide bonds. The van der Waals surface area contributed by atoms with Gasteiger partial charge in [-0.2, -0.15) is 0 Å². The average Bonchev–Trinajstić information content (AvgIpc) is 2.87. The zero-order chi connectivity index (χ0) is 27.2. The lowest BCUT2D eigenvalue weighted by atomic mass is 9.91. The van der Waals surface area contributed by atoms with Gasteiger partial charge in [0.05, 0.1) is 23.2 Å². The van der Waals surface area contributed by atoms with Crippen LogP contribution in [0.2, 0.25) is 0 Å². The van der Waals surface area contributed by atoms with Gasteiger partial charge in [0, 0.05) is 32.7 Å². The minimum atomic E-state index is -2.20. The highest BCUT2D eigenvalue weighted by Crippen LogP contribution is 2.52. The lowest BCUT2D eigenvalue weighted by Crippen LogP contribution is -2.05. The quantitative estimate of drug-likeness (QED) is 0.126. The van der Waals surface area contributed by atoms with E-state index in [1.807, 2.05) is 13.8 Å². The van der Waals surface area contributed by atoms with Crippen LogP contribution in [0, 0.1) is 46.5 Å². The molecule has 2 nitrogen and oxygen atoms in total. The van der Waals surface area contributed by atoms with Gasteiger partial charge < -0.3 is 9.47 Å². The number of rotatable bonds is 3. The first-order chi connectivity index (χ1) is 17.0. The van der Waals surface area contributed by atoms with Crippen molar-refractivity contribution in [2.45, 2.75) is 13.8 Å².